The molecule has 0 saturated carbocycles. The predicted octanol–water partition coefficient (Wildman–Crippen LogP) is 1.72. The fourth-order valence-electron chi connectivity index (χ4n) is 0.853. The molecule has 0 aliphatic rings. The molecule has 0 unspecified atom stereocenters. The average Bonchev–Trinajstić information content (AvgIpc) is 1.99. The first kappa shape index (κ1) is 9.40. The van der Waals surface area contributed by atoms with Crippen LogP contribution in [0.3, 0.4) is 0 Å². The molecule has 0 amide bonds. The van der Waals surface area contributed by atoms with Gasteiger partial charge >= 0.3 is 0 Å². The van der Waals surface area contributed by atoms with E-state index >= 15 is 0 Å². The third kappa shape index (κ3) is 1.91. The van der Waals surface area contributed by atoms with Crippen LogP contribution < -0.4 is 5.19 Å². The van der Waals surface area contributed by atoms with Gasteiger partial charge in [0, 0.05) is 16.1 Å². The molecular formula is C7H7Cl3Si. The van der Waals surface area contributed by atoms with Crippen LogP contribution in [0.25, 0.3) is 0 Å². The maximum Gasteiger partial charge on any atom is 0.0634 e. The van der Waals surface area contributed by atoms with Crippen molar-refractivity contribution in [1.29, 1.82) is 0 Å². The molecule has 1 rings (SSSR count). The van der Waals surface area contributed by atoms with Gasteiger partial charge in [-0.15, -0.1) is 11.6 Å². The Kier molecular flexibility index (Phi) is 3.25. The van der Waals surface area contributed by atoms with Crippen molar-refractivity contribution in [1.82, 2.24) is 0 Å². The summed E-state index contributed by atoms with van der Waals surface area (Å²) in [6.45, 7) is 0. The van der Waals surface area contributed by atoms with Crippen molar-refractivity contribution in [2.24, 2.45) is 0 Å². The SMILES string of the molecule is [SiH3]c1ccc(Cl)c(Cl)c1CCl. The van der Waals surface area contributed by atoms with Crippen molar-refractivity contribution < 1.29 is 0 Å². The van der Waals surface area contributed by atoms with Gasteiger partial charge in [-0.1, -0.05) is 34.5 Å². The molecule has 1 aromatic rings. The molecule has 4 heteroatoms. The molecule has 0 atom stereocenters. The summed E-state index contributed by atoms with van der Waals surface area (Å²) in [7, 11) is 0.954. The van der Waals surface area contributed by atoms with E-state index in [1.807, 2.05) is 12.1 Å². The van der Waals surface area contributed by atoms with Crippen LogP contribution in [0.4, 0.5) is 0 Å². The zero-order valence-corrected chi connectivity index (χ0v) is 10.3. The lowest BCUT2D eigenvalue weighted by molar-refractivity contribution is 1.44. The largest absolute Gasteiger partial charge is 0.121 e. The fourth-order valence-corrected chi connectivity index (χ4v) is 2.70. The summed E-state index contributed by atoms with van der Waals surface area (Å²) in [5, 5.41) is 2.41. The molecule has 0 radical (unpaired) electrons. The maximum absolute atomic E-state index is 5.90. The quantitative estimate of drug-likeness (QED) is 0.504. The Bertz CT molecular complexity index is 273. The van der Waals surface area contributed by atoms with Gasteiger partial charge in [0.1, 0.15) is 0 Å². The van der Waals surface area contributed by atoms with E-state index in [1.165, 1.54) is 5.19 Å². The lowest BCUT2D eigenvalue weighted by Crippen LogP contribution is -2.09. The van der Waals surface area contributed by atoms with Crippen LogP contribution in [0.15, 0.2) is 12.1 Å². The van der Waals surface area contributed by atoms with E-state index in [1.54, 1.807) is 0 Å². The summed E-state index contributed by atoms with van der Waals surface area (Å²) in [6.07, 6.45) is 0. The zero-order valence-electron chi connectivity index (χ0n) is 6.00. The minimum atomic E-state index is 0.443. The van der Waals surface area contributed by atoms with Crippen molar-refractivity contribution in [2.45, 2.75) is 5.88 Å². The van der Waals surface area contributed by atoms with Gasteiger partial charge in [0.2, 0.25) is 0 Å². The highest BCUT2D eigenvalue weighted by atomic mass is 35.5. The summed E-state index contributed by atoms with van der Waals surface area (Å²) in [5.41, 5.74) is 0.979. The van der Waals surface area contributed by atoms with Gasteiger partial charge in [-0.3, -0.25) is 0 Å². The molecule has 0 heterocycles. The Morgan fingerprint density at radius 3 is 2.36 bits per heavy atom. The van der Waals surface area contributed by atoms with E-state index in [9.17, 15) is 0 Å². The minimum Gasteiger partial charge on any atom is -0.121 e. The molecule has 60 valence electrons. The van der Waals surface area contributed by atoms with Gasteiger partial charge in [-0.25, -0.2) is 0 Å². The van der Waals surface area contributed by atoms with Gasteiger partial charge in [-0.05, 0) is 11.6 Å². The molecule has 0 saturated heterocycles. The molecule has 0 fully saturated rings. The van der Waals surface area contributed by atoms with Crippen LogP contribution in [-0.4, -0.2) is 10.2 Å². The number of alkyl halides is 1. The summed E-state index contributed by atoms with van der Waals surface area (Å²) < 4.78 is 0. The Morgan fingerprint density at radius 2 is 1.91 bits per heavy atom. The van der Waals surface area contributed by atoms with Gasteiger partial charge in [-0.2, -0.15) is 0 Å². The van der Waals surface area contributed by atoms with Crippen molar-refractivity contribution in [3.05, 3.63) is 27.7 Å². The summed E-state index contributed by atoms with van der Waals surface area (Å²) in [6, 6.07) is 3.78. The smallest absolute Gasteiger partial charge is 0.0634 e. The van der Waals surface area contributed by atoms with Gasteiger partial charge in [0.15, 0.2) is 0 Å². The van der Waals surface area contributed by atoms with E-state index in [-0.39, 0.29) is 0 Å². The van der Waals surface area contributed by atoms with Crippen LogP contribution in [0, 0.1) is 0 Å². The number of benzene rings is 1. The number of hydrogen-bond acceptors (Lipinski definition) is 0. The Morgan fingerprint density at radius 1 is 1.27 bits per heavy atom. The first-order valence-electron chi connectivity index (χ1n) is 3.16. The van der Waals surface area contributed by atoms with E-state index in [2.05, 4.69) is 0 Å². The molecule has 0 aliphatic carbocycles. The Labute approximate surface area is 83.9 Å². The van der Waals surface area contributed by atoms with E-state index < -0.39 is 0 Å². The van der Waals surface area contributed by atoms with Gasteiger partial charge in [0.05, 0.1) is 10.0 Å². The molecule has 0 nitrogen and oxygen atoms in total. The van der Waals surface area contributed by atoms with Crippen molar-refractivity contribution in [3.8, 4) is 0 Å². The van der Waals surface area contributed by atoms with Crippen molar-refractivity contribution >= 4 is 50.2 Å². The second kappa shape index (κ2) is 3.81. The standard InChI is InChI=1S/C7H7Cl3Si/c8-3-4-6(11)2-1-5(9)7(4)10/h1-2H,3H2,11H3. The number of rotatable bonds is 1. The fraction of sp³-hybridized carbons (Fsp3) is 0.143. The van der Waals surface area contributed by atoms with Gasteiger partial charge < -0.3 is 0 Å². The summed E-state index contributed by atoms with van der Waals surface area (Å²) >= 11 is 17.4. The monoisotopic (exact) mass is 224 g/mol. The Hall–Kier alpha value is 0.307. The van der Waals surface area contributed by atoms with E-state index in [0.29, 0.717) is 15.9 Å². The summed E-state index contributed by atoms with van der Waals surface area (Å²) in [4.78, 5) is 0. The number of hydrogen-bond donors (Lipinski definition) is 0. The highest BCUT2D eigenvalue weighted by Gasteiger charge is 2.05. The lowest BCUT2D eigenvalue weighted by Gasteiger charge is -2.05. The molecule has 0 bridgehead atoms. The van der Waals surface area contributed by atoms with Crippen LogP contribution in [0.2, 0.25) is 10.0 Å². The van der Waals surface area contributed by atoms with Crippen LogP contribution in [0.1, 0.15) is 5.56 Å². The molecule has 1 aromatic carbocycles. The van der Waals surface area contributed by atoms with Gasteiger partial charge in [0.25, 0.3) is 0 Å². The highest BCUT2D eigenvalue weighted by molar-refractivity contribution is 6.45. The molecule has 0 aromatic heterocycles. The first-order valence-corrected chi connectivity index (χ1v) is 5.45. The minimum absolute atomic E-state index is 0.443. The third-order valence-corrected chi connectivity index (χ3v) is 3.61. The zero-order chi connectivity index (χ0) is 8.43. The van der Waals surface area contributed by atoms with Crippen LogP contribution in [0.5, 0.6) is 0 Å². The first-order chi connectivity index (χ1) is 5.16. The highest BCUT2D eigenvalue weighted by Crippen LogP contribution is 2.24. The Balaban J connectivity index is 3.29. The molecular weight excluding hydrogens is 219 g/mol. The average molecular weight is 226 g/mol. The van der Waals surface area contributed by atoms with Crippen molar-refractivity contribution in [2.75, 3.05) is 0 Å². The van der Waals surface area contributed by atoms with Crippen LogP contribution in [-0.2, 0) is 5.88 Å². The van der Waals surface area contributed by atoms with Crippen LogP contribution >= 0.6 is 34.8 Å². The molecule has 0 aliphatic heterocycles. The topological polar surface area (TPSA) is 0 Å². The number of halogens is 3. The second-order valence-corrected chi connectivity index (χ2v) is 4.42. The normalized spacial score (nSPS) is 10.5. The lowest BCUT2D eigenvalue weighted by atomic mass is 10.2. The van der Waals surface area contributed by atoms with E-state index in [0.717, 1.165) is 15.8 Å². The molecule has 0 spiro atoms. The second-order valence-electron chi connectivity index (χ2n) is 2.29. The third-order valence-electron chi connectivity index (χ3n) is 1.56. The molecule has 11 heavy (non-hydrogen) atoms. The van der Waals surface area contributed by atoms with Crippen molar-refractivity contribution in [3.63, 3.8) is 0 Å². The molecule has 0 N–H and O–H groups in total. The summed E-state index contributed by atoms with van der Waals surface area (Å²) in [5.74, 6) is 0.443. The maximum atomic E-state index is 5.90. The predicted molar refractivity (Wildman–Crippen MR) is 55.6 cm³/mol. The van der Waals surface area contributed by atoms with E-state index in [4.69, 9.17) is 34.8 Å².